The van der Waals surface area contributed by atoms with Crippen LogP contribution in [0, 0.1) is 11.6 Å². The summed E-state index contributed by atoms with van der Waals surface area (Å²) in [6, 6.07) is 4.33. The number of halogens is 3. The topological polar surface area (TPSA) is 51.1 Å². The maximum Gasteiger partial charge on any atom is 0.255 e. The third kappa shape index (κ3) is 2.93. The third-order valence-corrected chi connectivity index (χ3v) is 3.23. The standard InChI is InChI=1S/C13H9BrF2N2O2/c1-18-3-2-7(4-12(18)19)13(20)17-11-5-8(14)9(15)6-10(11)16/h2-6H,1H3,(H,17,20). The van der Waals surface area contributed by atoms with Gasteiger partial charge in [-0.25, -0.2) is 8.78 Å². The number of pyridine rings is 1. The molecule has 104 valence electrons. The van der Waals surface area contributed by atoms with Gasteiger partial charge in [-0.1, -0.05) is 0 Å². The number of hydrogen-bond acceptors (Lipinski definition) is 2. The zero-order valence-electron chi connectivity index (χ0n) is 10.3. The summed E-state index contributed by atoms with van der Waals surface area (Å²) in [7, 11) is 1.54. The lowest BCUT2D eigenvalue weighted by molar-refractivity contribution is 0.102. The molecule has 1 aromatic heterocycles. The molecule has 0 radical (unpaired) electrons. The van der Waals surface area contributed by atoms with Crippen molar-refractivity contribution in [3.63, 3.8) is 0 Å². The van der Waals surface area contributed by atoms with E-state index in [1.165, 1.54) is 16.8 Å². The number of aromatic nitrogens is 1. The van der Waals surface area contributed by atoms with Crippen molar-refractivity contribution in [3.8, 4) is 0 Å². The van der Waals surface area contributed by atoms with Gasteiger partial charge in [-0.3, -0.25) is 9.59 Å². The van der Waals surface area contributed by atoms with Gasteiger partial charge >= 0.3 is 0 Å². The molecule has 2 rings (SSSR count). The number of carbonyl (C=O) groups excluding carboxylic acids is 1. The fraction of sp³-hybridized carbons (Fsp3) is 0.0769. The van der Waals surface area contributed by atoms with Crippen molar-refractivity contribution < 1.29 is 13.6 Å². The first kappa shape index (κ1) is 14.4. The van der Waals surface area contributed by atoms with E-state index in [0.717, 1.165) is 12.1 Å². The van der Waals surface area contributed by atoms with Crippen LogP contribution in [0.25, 0.3) is 0 Å². The fourth-order valence-corrected chi connectivity index (χ4v) is 1.85. The Hall–Kier alpha value is -2.02. The summed E-state index contributed by atoms with van der Waals surface area (Å²) in [6.45, 7) is 0. The number of nitrogens with one attached hydrogen (secondary N) is 1. The van der Waals surface area contributed by atoms with E-state index in [0.29, 0.717) is 6.07 Å². The molecule has 0 aliphatic carbocycles. The van der Waals surface area contributed by atoms with Crippen molar-refractivity contribution in [1.82, 2.24) is 4.57 Å². The summed E-state index contributed by atoms with van der Waals surface area (Å²) in [4.78, 5) is 23.3. The Morgan fingerprint density at radius 3 is 2.60 bits per heavy atom. The molecule has 0 saturated carbocycles. The van der Waals surface area contributed by atoms with Crippen LogP contribution in [0.3, 0.4) is 0 Å². The number of anilines is 1. The van der Waals surface area contributed by atoms with Crippen LogP contribution in [0.15, 0.2) is 39.7 Å². The quantitative estimate of drug-likeness (QED) is 0.853. The molecule has 7 heteroatoms. The highest BCUT2D eigenvalue weighted by Crippen LogP contribution is 2.24. The zero-order chi connectivity index (χ0) is 14.9. The van der Waals surface area contributed by atoms with Gasteiger partial charge in [0.05, 0.1) is 10.2 Å². The Balaban J connectivity index is 2.30. The molecule has 2 aromatic rings. The summed E-state index contributed by atoms with van der Waals surface area (Å²) in [5.41, 5.74) is -0.449. The first-order valence-corrected chi connectivity index (χ1v) is 6.30. The van der Waals surface area contributed by atoms with Crippen LogP contribution < -0.4 is 10.9 Å². The second-order valence-electron chi connectivity index (χ2n) is 4.06. The van der Waals surface area contributed by atoms with Crippen LogP contribution in [-0.2, 0) is 7.05 Å². The van der Waals surface area contributed by atoms with Crippen molar-refractivity contribution >= 4 is 27.5 Å². The summed E-state index contributed by atoms with van der Waals surface area (Å²) in [5, 5.41) is 2.28. The van der Waals surface area contributed by atoms with E-state index in [4.69, 9.17) is 0 Å². The zero-order valence-corrected chi connectivity index (χ0v) is 11.9. The molecule has 0 atom stereocenters. The van der Waals surface area contributed by atoms with E-state index in [1.807, 2.05) is 0 Å². The van der Waals surface area contributed by atoms with Gasteiger partial charge < -0.3 is 9.88 Å². The molecule has 0 spiro atoms. The number of amides is 1. The molecule has 0 saturated heterocycles. The van der Waals surface area contributed by atoms with E-state index >= 15 is 0 Å². The summed E-state index contributed by atoms with van der Waals surface area (Å²) < 4.78 is 27.9. The number of benzene rings is 1. The Morgan fingerprint density at radius 1 is 1.25 bits per heavy atom. The number of rotatable bonds is 2. The van der Waals surface area contributed by atoms with Gasteiger partial charge in [0.15, 0.2) is 0 Å². The predicted molar refractivity (Wildman–Crippen MR) is 73.7 cm³/mol. The molecule has 1 heterocycles. The van der Waals surface area contributed by atoms with Crippen molar-refractivity contribution in [3.05, 3.63) is 62.5 Å². The van der Waals surface area contributed by atoms with E-state index in [1.54, 1.807) is 7.05 Å². The highest BCUT2D eigenvalue weighted by Gasteiger charge is 2.13. The Kier molecular flexibility index (Phi) is 3.99. The lowest BCUT2D eigenvalue weighted by Gasteiger charge is -2.08. The minimum Gasteiger partial charge on any atom is -0.319 e. The summed E-state index contributed by atoms with van der Waals surface area (Å²) in [5.74, 6) is -2.32. The number of aryl methyl sites for hydroxylation is 1. The first-order valence-electron chi connectivity index (χ1n) is 5.51. The number of hydrogen-bond donors (Lipinski definition) is 1. The van der Waals surface area contributed by atoms with Crippen LogP contribution in [0.4, 0.5) is 14.5 Å². The largest absolute Gasteiger partial charge is 0.319 e. The van der Waals surface area contributed by atoms with Gasteiger partial charge in [0.1, 0.15) is 11.6 Å². The average molecular weight is 343 g/mol. The van der Waals surface area contributed by atoms with E-state index in [-0.39, 0.29) is 21.3 Å². The van der Waals surface area contributed by atoms with Crippen molar-refractivity contribution in [2.75, 3.05) is 5.32 Å². The molecular formula is C13H9BrF2N2O2. The Bertz CT molecular complexity index is 744. The summed E-state index contributed by atoms with van der Waals surface area (Å²) >= 11 is 2.90. The minimum absolute atomic E-state index is 0.0261. The van der Waals surface area contributed by atoms with Crippen LogP contribution in [-0.4, -0.2) is 10.5 Å². The van der Waals surface area contributed by atoms with Gasteiger partial charge in [-0.05, 0) is 28.1 Å². The van der Waals surface area contributed by atoms with Crippen molar-refractivity contribution in [2.24, 2.45) is 7.05 Å². The smallest absolute Gasteiger partial charge is 0.255 e. The second-order valence-corrected chi connectivity index (χ2v) is 4.92. The molecule has 20 heavy (non-hydrogen) atoms. The van der Waals surface area contributed by atoms with Crippen LogP contribution >= 0.6 is 15.9 Å². The van der Waals surface area contributed by atoms with E-state index in [9.17, 15) is 18.4 Å². The van der Waals surface area contributed by atoms with E-state index < -0.39 is 17.5 Å². The first-order chi connectivity index (χ1) is 9.38. The molecule has 0 fully saturated rings. The highest BCUT2D eigenvalue weighted by atomic mass is 79.9. The van der Waals surface area contributed by atoms with Gasteiger partial charge in [0.2, 0.25) is 0 Å². The van der Waals surface area contributed by atoms with Crippen LogP contribution in [0.2, 0.25) is 0 Å². The third-order valence-electron chi connectivity index (χ3n) is 2.62. The molecule has 1 amide bonds. The maximum atomic E-state index is 13.5. The van der Waals surface area contributed by atoms with Gasteiger partial charge in [-0.2, -0.15) is 0 Å². The maximum absolute atomic E-state index is 13.5. The molecule has 1 N–H and O–H groups in total. The molecular weight excluding hydrogens is 334 g/mol. The lowest BCUT2D eigenvalue weighted by Crippen LogP contribution is -2.20. The fourth-order valence-electron chi connectivity index (χ4n) is 1.50. The molecule has 0 bridgehead atoms. The van der Waals surface area contributed by atoms with Crippen LogP contribution in [0.5, 0.6) is 0 Å². The molecule has 0 unspecified atom stereocenters. The van der Waals surface area contributed by atoms with Crippen molar-refractivity contribution in [2.45, 2.75) is 0 Å². The molecule has 4 nitrogen and oxygen atoms in total. The van der Waals surface area contributed by atoms with Crippen LogP contribution in [0.1, 0.15) is 10.4 Å². The monoisotopic (exact) mass is 342 g/mol. The second kappa shape index (κ2) is 5.54. The SMILES string of the molecule is Cn1ccc(C(=O)Nc2cc(Br)c(F)cc2F)cc1=O. The lowest BCUT2D eigenvalue weighted by atomic mass is 10.2. The molecule has 0 aliphatic heterocycles. The number of nitrogens with zero attached hydrogens (tertiary/aromatic N) is 1. The Labute approximate surface area is 121 Å². The molecule has 0 aliphatic rings. The predicted octanol–water partition coefficient (Wildman–Crippen LogP) is 2.68. The highest BCUT2D eigenvalue weighted by molar-refractivity contribution is 9.10. The Morgan fingerprint density at radius 2 is 1.95 bits per heavy atom. The van der Waals surface area contributed by atoms with Gasteiger partial charge in [0.25, 0.3) is 11.5 Å². The van der Waals surface area contributed by atoms with Gasteiger partial charge in [0, 0.05) is 30.9 Å². The number of carbonyl (C=O) groups is 1. The average Bonchev–Trinajstić information content (AvgIpc) is 2.39. The summed E-state index contributed by atoms with van der Waals surface area (Å²) in [6.07, 6.45) is 1.42. The van der Waals surface area contributed by atoms with E-state index in [2.05, 4.69) is 21.2 Å². The van der Waals surface area contributed by atoms with Crippen molar-refractivity contribution in [1.29, 1.82) is 0 Å². The normalized spacial score (nSPS) is 10.4. The molecule has 1 aromatic carbocycles. The minimum atomic E-state index is -0.900. The van der Waals surface area contributed by atoms with Gasteiger partial charge in [-0.15, -0.1) is 0 Å².